The third-order valence-electron chi connectivity index (χ3n) is 4.06. The Morgan fingerprint density at radius 3 is 2.67 bits per heavy atom. The maximum Gasteiger partial charge on any atom is 0.237 e. The zero-order chi connectivity index (χ0) is 19.2. The lowest BCUT2D eigenvalue weighted by molar-refractivity contribution is 0.319. The van der Waals surface area contributed by atoms with Crippen LogP contribution in [0.2, 0.25) is 5.02 Å². The molecule has 0 atom stereocenters. The van der Waals surface area contributed by atoms with Crippen LogP contribution in [0.1, 0.15) is 23.6 Å². The zero-order valence-electron chi connectivity index (χ0n) is 15.1. The fourth-order valence-electron chi connectivity index (χ4n) is 2.77. The first kappa shape index (κ1) is 18.7. The molecule has 0 radical (unpaired) electrons. The molecular weight excluding hydrogens is 362 g/mol. The Balaban J connectivity index is 1.91. The van der Waals surface area contributed by atoms with Gasteiger partial charge >= 0.3 is 0 Å². The van der Waals surface area contributed by atoms with Gasteiger partial charge in [-0.25, -0.2) is 4.98 Å². The molecule has 0 aliphatic carbocycles. The number of aromatic nitrogens is 1. The number of nitrogens with zero attached hydrogens (tertiary/aromatic N) is 2. The Labute approximate surface area is 163 Å². The minimum atomic E-state index is 0.432. The molecule has 27 heavy (non-hydrogen) atoms. The predicted octanol–water partition coefficient (Wildman–Crippen LogP) is 5.41. The second-order valence-corrected chi connectivity index (χ2v) is 6.28. The summed E-state index contributed by atoms with van der Waals surface area (Å²) in [4.78, 5) is 4.23. The summed E-state index contributed by atoms with van der Waals surface area (Å²) < 4.78 is 5.53. The number of nitrogens with one attached hydrogen (secondary N) is 1. The lowest BCUT2D eigenvalue weighted by Gasteiger charge is -2.14. The number of anilines is 2. The van der Waals surface area contributed by atoms with E-state index in [9.17, 15) is 5.21 Å². The van der Waals surface area contributed by atoms with Crippen molar-refractivity contribution in [2.45, 2.75) is 13.8 Å². The van der Waals surface area contributed by atoms with Crippen molar-refractivity contribution >= 4 is 28.7 Å². The molecule has 0 saturated heterocycles. The summed E-state index contributed by atoms with van der Waals surface area (Å²) in [5, 5.41) is 16.8. The first-order chi connectivity index (χ1) is 13.1. The molecule has 3 aromatic rings. The first-order valence-electron chi connectivity index (χ1n) is 8.57. The summed E-state index contributed by atoms with van der Waals surface area (Å²) in [6.07, 6.45) is 1.68. The third kappa shape index (κ3) is 4.20. The Morgan fingerprint density at radius 2 is 1.96 bits per heavy atom. The summed E-state index contributed by atoms with van der Waals surface area (Å²) in [6.45, 7) is 4.39. The van der Waals surface area contributed by atoms with Crippen LogP contribution in [0, 0.1) is 6.92 Å². The molecule has 2 N–H and O–H groups in total. The third-order valence-corrected chi connectivity index (χ3v) is 4.37. The van der Waals surface area contributed by atoms with Gasteiger partial charge in [0.1, 0.15) is 11.4 Å². The largest absolute Gasteiger partial charge is 0.476 e. The Hall–Kier alpha value is -3.05. The average molecular weight is 382 g/mol. The normalized spacial score (nSPS) is 11.3. The molecule has 138 valence electrons. The highest BCUT2D eigenvalue weighted by Gasteiger charge is 2.14. The van der Waals surface area contributed by atoms with Crippen LogP contribution in [0.15, 0.2) is 65.9 Å². The molecule has 1 heterocycles. The van der Waals surface area contributed by atoms with Crippen LogP contribution >= 0.6 is 11.6 Å². The van der Waals surface area contributed by atoms with Gasteiger partial charge in [-0.3, -0.25) is 0 Å². The van der Waals surface area contributed by atoms with Crippen LogP contribution < -0.4 is 10.1 Å². The Kier molecular flexibility index (Phi) is 5.94. The number of oxime groups is 1. The van der Waals surface area contributed by atoms with Gasteiger partial charge in [0.15, 0.2) is 0 Å². The lowest BCUT2D eigenvalue weighted by atomic mass is 9.98. The van der Waals surface area contributed by atoms with E-state index in [1.54, 1.807) is 12.3 Å². The number of benzene rings is 2. The van der Waals surface area contributed by atoms with E-state index in [1.165, 1.54) is 0 Å². The van der Waals surface area contributed by atoms with Gasteiger partial charge in [-0.2, -0.15) is 0 Å². The van der Waals surface area contributed by atoms with Crippen molar-refractivity contribution in [3.8, 4) is 5.88 Å². The number of pyridine rings is 1. The molecule has 6 heteroatoms. The molecule has 5 nitrogen and oxygen atoms in total. The fraction of sp³-hybridized carbons (Fsp3) is 0.143. The number of hydrogen-bond acceptors (Lipinski definition) is 5. The topological polar surface area (TPSA) is 66.7 Å². The van der Waals surface area contributed by atoms with E-state index >= 15 is 0 Å². The molecule has 2 aromatic carbocycles. The van der Waals surface area contributed by atoms with Crippen LogP contribution in [0.25, 0.3) is 0 Å². The molecule has 0 bridgehead atoms. The smallest absolute Gasteiger partial charge is 0.237 e. The molecule has 3 rings (SSSR count). The van der Waals surface area contributed by atoms with Gasteiger partial charge in [0.05, 0.1) is 11.6 Å². The van der Waals surface area contributed by atoms with E-state index in [0.717, 1.165) is 22.5 Å². The van der Waals surface area contributed by atoms with E-state index in [0.29, 0.717) is 28.8 Å². The molecule has 0 unspecified atom stereocenters. The van der Waals surface area contributed by atoms with Gasteiger partial charge in [-0.05, 0) is 49.7 Å². The molecule has 1 aromatic heterocycles. The van der Waals surface area contributed by atoms with Gasteiger partial charge in [-0.15, -0.1) is 0 Å². The molecule has 0 saturated carbocycles. The number of aryl methyl sites for hydroxylation is 1. The second-order valence-electron chi connectivity index (χ2n) is 5.87. The quantitative estimate of drug-likeness (QED) is 0.340. The summed E-state index contributed by atoms with van der Waals surface area (Å²) in [5.74, 6) is 0.526. The second kappa shape index (κ2) is 8.56. The zero-order valence-corrected chi connectivity index (χ0v) is 15.9. The van der Waals surface area contributed by atoms with Gasteiger partial charge < -0.3 is 15.3 Å². The van der Waals surface area contributed by atoms with Crippen LogP contribution in [0.5, 0.6) is 5.88 Å². The minimum Gasteiger partial charge on any atom is -0.476 e. The monoisotopic (exact) mass is 381 g/mol. The summed E-state index contributed by atoms with van der Waals surface area (Å²) in [6, 6.07) is 16.9. The van der Waals surface area contributed by atoms with Crippen molar-refractivity contribution in [3.05, 3.63) is 82.5 Å². The molecule has 0 spiro atoms. The Bertz CT molecular complexity index is 973. The highest BCUT2D eigenvalue weighted by molar-refractivity contribution is 6.35. The van der Waals surface area contributed by atoms with Gasteiger partial charge in [0, 0.05) is 23.0 Å². The van der Waals surface area contributed by atoms with Crippen LogP contribution in [-0.4, -0.2) is 22.5 Å². The van der Waals surface area contributed by atoms with Crippen molar-refractivity contribution < 1.29 is 9.94 Å². The van der Waals surface area contributed by atoms with Crippen LogP contribution in [-0.2, 0) is 0 Å². The first-order valence-corrected chi connectivity index (χ1v) is 8.94. The Morgan fingerprint density at radius 1 is 1.15 bits per heavy atom. The predicted molar refractivity (Wildman–Crippen MR) is 109 cm³/mol. The van der Waals surface area contributed by atoms with Crippen molar-refractivity contribution in [2.75, 3.05) is 11.9 Å². The minimum absolute atomic E-state index is 0.432. The number of hydrogen-bond donors (Lipinski definition) is 2. The summed E-state index contributed by atoms with van der Waals surface area (Å²) in [7, 11) is 0. The van der Waals surface area contributed by atoms with Crippen molar-refractivity contribution in [2.24, 2.45) is 5.16 Å². The summed E-state index contributed by atoms with van der Waals surface area (Å²) in [5.41, 5.74) is 4.43. The SMILES string of the molecule is CCOc1ncccc1Nc1ccc(C(=NO)c2ccccc2C)c(Cl)c1. The highest BCUT2D eigenvalue weighted by Crippen LogP contribution is 2.29. The molecule has 0 aliphatic heterocycles. The molecule has 0 amide bonds. The van der Waals surface area contributed by atoms with E-state index in [-0.39, 0.29) is 0 Å². The van der Waals surface area contributed by atoms with Crippen LogP contribution in [0.3, 0.4) is 0 Å². The van der Waals surface area contributed by atoms with E-state index in [2.05, 4.69) is 15.5 Å². The number of ether oxygens (including phenoxy) is 1. The van der Waals surface area contributed by atoms with Crippen molar-refractivity contribution in [1.82, 2.24) is 4.98 Å². The molecule has 0 aliphatic rings. The highest BCUT2D eigenvalue weighted by atomic mass is 35.5. The standard InChI is InChI=1S/C21H20ClN3O2/c1-3-27-21-19(9-6-12-23-21)24-15-10-11-17(18(22)13-15)20(25-26)16-8-5-4-7-14(16)2/h4-13,24,26H,3H2,1-2H3. The van der Waals surface area contributed by atoms with Crippen molar-refractivity contribution in [1.29, 1.82) is 0 Å². The van der Waals surface area contributed by atoms with Gasteiger partial charge in [-0.1, -0.05) is 41.0 Å². The maximum absolute atomic E-state index is 9.57. The van der Waals surface area contributed by atoms with Gasteiger partial charge in [0.2, 0.25) is 5.88 Å². The van der Waals surface area contributed by atoms with E-state index in [1.807, 2.05) is 62.4 Å². The number of rotatable bonds is 6. The fourth-order valence-corrected chi connectivity index (χ4v) is 3.04. The van der Waals surface area contributed by atoms with E-state index < -0.39 is 0 Å². The average Bonchev–Trinajstić information content (AvgIpc) is 2.67. The van der Waals surface area contributed by atoms with E-state index in [4.69, 9.17) is 16.3 Å². The molecular formula is C21H20ClN3O2. The van der Waals surface area contributed by atoms with Crippen LogP contribution in [0.4, 0.5) is 11.4 Å². The molecule has 0 fully saturated rings. The summed E-state index contributed by atoms with van der Waals surface area (Å²) >= 11 is 6.49. The van der Waals surface area contributed by atoms with Crippen molar-refractivity contribution in [3.63, 3.8) is 0 Å². The lowest BCUT2D eigenvalue weighted by Crippen LogP contribution is -2.07. The van der Waals surface area contributed by atoms with Gasteiger partial charge in [0.25, 0.3) is 0 Å². The number of halogens is 1. The maximum atomic E-state index is 9.57.